The average molecular weight is 394 g/mol. The van der Waals surface area contributed by atoms with E-state index in [4.69, 9.17) is 9.47 Å². The Bertz CT molecular complexity index is 954. The molecule has 0 bridgehead atoms. The molecule has 0 aromatic heterocycles. The van der Waals surface area contributed by atoms with E-state index in [0.29, 0.717) is 17.2 Å². The van der Waals surface area contributed by atoms with Gasteiger partial charge in [-0.3, -0.25) is 14.5 Å². The van der Waals surface area contributed by atoms with Crippen LogP contribution in [0.4, 0.5) is 5.69 Å². The summed E-state index contributed by atoms with van der Waals surface area (Å²) in [7, 11) is 3.25. The van der Waals surface area contributed by atoms with Crippen molar-refractivity contribution < 1.29 is 19.1 Å². The van der Waals surface area contributed by atoms with E-state index in [2.05, 4.69) is 11.8 Å². The molecule has 1 fully saturated rings. The molecule has 152 valence electrons. The molecule has 2 atom stereocenters. The van der Waals surface area contributed by atoms with Gasteiger partial charge < -0.3 is 9.47 Å². The van der Waals surface area contributed by atoms with E-state index in [1.165, 1.54) is 10.5 Å². The van der Waals surface area contributed by atoms with Crippen molar-refractivity contribution in [3.8, 4) is 11.5 Å². The van der Waals surface area contributed by atoms with Crippen molar-refractivity contribution in [2.45, 2.75) is 38.8 Å². The van der Waals surface area contributed by atoms with E-state index < -0.39 is 6.04 Å². The number of fused-ring (bicyclic) bond motifs is 1. The summed E-state index contributed by atoms with van der Waals surface area (Å²) in [5, 5.41) is 0. The number of anilines is 1. The molecular formula is C23H26N2O4. The van der Waals surface area contributed by atoms with Crippen LogP contribution in [0, 0.1) is 6.92 Å². The second-order valence-corrected chi connectivity index (χ2v) is 7.69. The number of hydrogen-bond acceptors (Lipinski definition) is 5. The molecule has 29 heavy (non-hydrogen) atoms. The van der Waals surface area contributed by atoms with Crippen molar-refractivity contribution in [2.75, 3.05) is 25.7 Å². The van der Waals surface area contributed by atoms with E-state index in [-0.39, 0.29) is 24.3 Å². The largest absolute Gasteiger partial charge is 0.493 e. The number of rotatable bonds is 4. The van der Waals surface area contributed by atoms with Gasteiger partial charge in [0.15, 0.2) is 11.5 Å². The van der Waals surface area contributed by atoms with Crippen molar-refractivity contribution in [3.05, 3.63) is 53.1 Å². The topological polar surface area (TPSA) is 59.1 Å². The van der Waals surface area contributed by atoms with E-state index in [0.717, 1.165) is 24.1 Å². The van der Waals surface area contributed by atoms with E-state index >= 15 is 0 Å². The quantitative estimate of drug-likeness (QED) is 0.745. The fraction of sp³-hybridized carbons (Fsp3) is 0.391. The van der Waals surface area contributed by atoms with Gasteiger partial charge in [-0.15, -0.1) is 0 Å². The van der Waals surface area contributed by atoms with Crippen LogP contribution in [0.15, 0.2) is 36.4 Å². The third-order valence-electron chi connectivity index (χ3n) is 6.05. The van der Waals surface area contributed by atoms with Crippen LogP contribution in [-0.2, 0) is 16.0 Å². The first-order valence-corrected chi connectivity index (χ1v) is 9.88. The Labute approximate surface area is 171 Å². The number of carbonyl (C=O) groups excluding carboxylic acids is 2. The number of imide groups is 1. The zero-order chi connectivity index (χ0) is 20.7. The molecule has 0 unspecified atom stereocenters. The van der Waals surface area contributed by atoms with Gasteiger partial charge in [0.05, 0.1) is 32.4 Å². The third kappa shape index (κ3) is 3.27. The molecule has 6 heteroatoms. The number of amides is 2. The summed E-state index contributed by atoms with van der Waals surface area (Å²) in [6.45, 7) is 4.78. The molecule has 2 heterocycles. The van der Waals surface area contributed by atoms with Gasteiger partial charge in [0, 0.05) is 12.6 Å². The smallest absolute Gasteiger partial charge is 0.251 e. The minimum atomic E-state index is -0.444. The van der Waals surface area contributed by atoms with Crippen molar-refractivity contribution in [3.63, 3.8) is 0 Å². The molecule has 0 aliphatic carbocycles. The zero-order valence-electron chi connectivity index (χ0n) is 17.3. The maximum absolute atomic E-state index is 13.2. The highest BCUT2D eigenvalue weighted by Crippen LogP contribution is 2.40. The van der Waals surface area contributed by atoms with Crippen LogP contribution in [0.25, 0.3) is 0 Å². The normalized spacial score (nSPS) is 22.0. The fourth-order valence-corrected chi connectivity index (χ4v) is 4.43. The first-order valence-electron chi connectivity index (χ1n) is 9.88. The number of carbonyl (C=O) groups is 2. The number of hydrogen-bond donors (Lipinski definition) is 0. The summed E-state index contributed by atoms with van der Waals surface area (Å²) in [6.07, 6.45) is 1.00. The molecule has 0 radical (unpaired) electrons. The van der Waals surface area contributed by atoms with Crippen molar-refractivity contribution >= 4 is 17.5 Å². The molecule has 2 aromatic carbocycles. The molecular weight excluding hydrogens is 368 g/mol. The SMILES string of the molecule is COc1cc2c(cc1OC)[C@H](C)N([C@@H]1CC(=O)N(c3ccc(C)cc3)C1=O)CC2. The minimum Gasteiger partial charge on any atom is -0.493 e. The molecule has 2 aromatic rings. The highest BCUT2D eigenvalue weighted by molar-refractivity contribution is 6.22. The maximum atomic E-state index is 13.2. The summed E-state index contributed by atoms with van der Waals surface area (Å²) < 4.78 is 10.9. The van der Waals surface area contributed by atoms with Gasteiger partial charge in [0.1, 0.15) is 0 Å². The minimum absolute atomic E-state index is 0.00160. The molecule has 2 aliphatic heterocycles. The lowest BCUT2D eigenvalue weighted by Crippen LogP contribution is -2.46. The van der Waals surface area contributed by atoms with Crippen LogP contribution in [0.5, 0.6) is 11.5 Å². The summed E-state index contributed by atoms with van der Waals surface area (Å²) in [5.41, 5.74) is 4.04. The molecule has 6 nitrogen and oxygen atoms in total. The Kier molecular flexibility index (Phi) is 5.04. The standard InChI is InChI=1S/C23H26N2O4/c1-14-5-7-17(8-6-14)25-22(26)13-19(23(25)27)24-10-9-16-11-20(28-3)21(29-4)12-18(16)15(24)2/h5-8,11-12,15,19H,9-10,13H2,1-4H3/t15-,19+/m0/s1. The summed E-state index contributed by atoms with van der Waals surface area (Å²) in [6, 6.07) is 11.1. The zero-order valence-corrected chi connectivity index (χ0v) is 17.3. The Hall–Kier alpha value is -2.86. The molecule has 1 saturated heterocycles. The van der Waals surface area contributed by atoms with Crippen LogP contribution in [0.3, 0.4) is 0 Å². The first kappa shape index (κ1) is 19.5. The van der Waals surface area contributed by atoms with Crippen LogP contribution < -0.4 is 14.4 Å². The molecule has 4 rings (SSSR count). The lowest BCUT2D eigenvalue weighted by atomic mass is 9.91. The van der Waals surface area contributed by atoms with E-state index in [9.17, 15) is 9.59 Å². The van der Waals surface area contributed by atoms with Crippen LogP contribution in [0.1, 0.15) is 36.1 Å². The number of nitrogens with zero attached hydrogens (tertiary/aromatic N) is 2. The fourth-order valence-electron chi connectivity index (χ4n) is 4.43. The van der Waals surface area contributed by atoms with Crippen molar-refractivity contribution in [2.24, 2.45) is 0 Å². The molecule has 0 saturated carbocycles. The monoisotopic (exact) mass is 394 g/mol. The predicted molar refractivity (Wildman–Crippen MR) is 110 cm³/mol. The molecule has 0 spiro atoms. The van der Waals surface area contributed by atoms with Gasteiger partial charge >= 0.3 is 0 Å². The van der Waals surface area contributed by atoms with Crippen LogP contribution in [0.2, 0.25) is 0 Å². The van der Waals surface area contributed by atoms with E-state index in [1.807, 2.05) is 43.3 Å². The lowest BCUT2D eigenvalue weighted by Gasteiger charge is -2.38. The highest BCUT2D eigenvalue weighted by atomic mass is 16.5. The lowest BCUT2D eigenvalue weighted by molar-refractivity contribution is -0.123. The second-order valence-electron chi connectivity index (χ2n) is 7.69. The Morgan fingerprint density at radius 1 is 1.00 bits per heavy atom. The molecule has 2 aliphatic rings. The Morgan fingerprint density at radius 3 is 2.31 bits per heavy atom. The van der Waals surface area contributed by atoms with Gasteiger partial charge in [0.2, 0.25) is 5.91 Å². The number of benzene rings is 2. The Balaban J connectivity index is 1.62. The van der Waals surface area contributed by atoms with Gasteiger partial charge in [0.25, 0.3) is 5.91 Å². The number of ether oxygens (including phenoxy) is 2. The third-order valence-corrected chi connectivity index (χ3v) is 6.05. The first-order chi connectivity index (χ1) is 13.9. The van der Waals surface area contributed by atoms with Crippen LogP contribution >= 0.6 is 0 Å². The average Bonchev–Trinajstić information content (AvgIpc) is 3.02. The number of methoxy groups -OCH3 is 2. The number of aryl methyl sites for hydroxylation is 1. The van der Waals surface area contributed by atoms with Crippen LogP contribution in [-0.4, -0.2) is 43.5 Å². The molecule has 0 N–H and O–H groups in total. The maximum Gasteiger partial charge on any atom is 0.251 e. The predicted octanol–water partition coefficient (Wildman–Crippen LogP) is 3.26. The summed E-state index contributed by atoms with van der Waals surface area (Å²) in [5.74, 6) is 1.10. The van der Waals surface area contributed by atoms with Crippen molar-refractivity contribution in [1.82, 2.24) is 4.90 Å². The van der Waals surface area contributed by atoms with Gasteiger partial charge in [-0.25, -0.2) is 4.90 Å². The van der Waals surface area contributed by atoms with Gasteiger partial charge in [-0.1, -0.05) is 17.7 Å². The Morgan fingerprint density at radius 2 is 1.66 bits per heavy atom. The van der Waals surface area contributed by atoms with Gasteiger partial charge in [-0.2, -0.15) is 0 Å². The molecule has 2 amide bonds. The second kappa shape index (κ2) is 7.52. The summed E-state index contributed by atoms with van der Waals surface area (Å²) in [4.78, 5) is 29.4. The van der Waals surface area contributed by atoms with E-state index in [1.54, 1.807) is 14.2 Å². The summed E-state index contributed by atoms with van der Waals surface area (Å²) >= 11 is 0. The van der Waals surface area contributed by atoms with Crippen molar-refractivity contribution in [1.29, 1.82) is 0 Å². The highest BCUT2D eigenvalue weighted by Gasteiger charge is 2.45. The van der Waals surface area contributed by atoms with Gasteiger partial charge in [-0.05, 0) is 55.7 Å².